The summed E-state index contributed by atoms with van der Waals surface area (Å²) in [5, 5.41) is 6.62. The highest BCUT2D eigenvalue weighted by Gasteiger charge is 2.32. The molecule has 0 spiro atoms. The molecule has 1 amide bonds. The molecule has 4 rings (SSSR count). The number of hydrogen-bond donors (Lipinski definition) is 2. The average molecular weight is 567 g/mol. The molecule has 1 unspecified atom stereocenters. The highest BCUT2D eigenvalue weighted by Crippen LogP contribution is 2.28. The summed E-state index contributed by atoms with van der Waals surface area (Å²) in [6.45, 7) is 1.90. The van der Waals surface area contributed by atoms with Crippen LogP contribution in [0.25, 0.3) is 0 Å². The molecule has 1 aromatic carbocycles. The van der Waals surface area contributed by atoms with Crippen molar-refractivity contribution in [3.63, 3.8) is 0 Å². The van der Waals surface area contributed by atoms with Crippen molar-refractivity contribution >= 4 is 35.8 Å². The number of aliphatic imine (C=N–C) groups is 1. The predicted molar refractivity (Wildman–Crippen MR) is 136 cm³/mol. The van der Waals surface area contributed by atoms with E-state index < -0.39 is 5.82 Å². The lowest BCUT2D eigenvalue weighted by Crippen LogP contribution is -2.45. The highest BCUT2D eigenvalue weighted by atomic mass is 127. The van der Waals surface area contributed by atoms with Crippen molar-refractivity contribution < 1.29 is 13.9 Å². The minimum Gasteiger partial charge on any atom is -0.453 e. The zero-order valence-electron chi connectivity index (χ0n) is 18.8. The number of carbonyl (C=O) groups excluding carboxylic acids is 1. The van der Waals surface area contributed by atoms with Crippen molar-refractivity contribution in [2.45, 2.75) is 44.7 Å². The van der Waals surface area contributed by atoms with Gasteiger partial charge in [0.05, 0.1) is 6.20 Å². The Bertz CT molecular complexity index is 953. The van der Waals surface area contributed by atoms with Crippen LogP contribution in [0.5, 0.6) is 11.5 Å². The van der Waals surface area contributed by atoms with Crippen molar-refractivity contribution in [2.75, 3.05) is 20.1 Å². The number of benzene rings is 1. The monoisotopic (exact) mass is 567 g/mol. The molecule has 0 radical (unpaired) electrons. The van der Waals surface area contributed by atoms with Crippen LogP contribution in [-0.4, -0.2) is 47.9 Å². The van der Waals surface area contributed by atoms with Crippen LogP contribution < -0.4 is 15.4 Å². The van der Waals surface area contributed by atoms with Crippen LogP contribution in [0.1, 0.15) is 37.7 Å². The largest absolute Gasteiger partial charge is 0.453 e. The van der Waals surface area contributed by atoms with E-state index in [1.807, 2.05) is 11.0 Å². The van der Waals surface area contributed by atoms with Crippen molar-refractivity contribution in [1.29, 1.82) is 0 Å². The summed E-state index contributed by atoms with van der Waals surface area (Å²) >= 11 is 0. The van der Waals surface area contributed by atoms with Gasteiger partial charge < -0.3 is 20.3 Å². The summed E-state index contributed by atoms with van der Waals surface area (Å²) in [6, 6.07) is 8.50. The Balaban J connectivity index is 0.00000306. The van der Waals surface area contributed by atoms with Crippen LogP contribution in [-0.2, 0) is 11.3 Å². The molecule has 178 valence electrons. The first kappa shape index (κ1) is 25.2. The molecule has 9 heteroatoms. The third-order valence-corrected chi connectivity index (χ3v) is 6.09. The Morgan fingerprint density at radius 2 is 2.09 bits per heavy atom. The Morgan fingerprint density at radius 3 is 2.79 bits per heavy atom. The highest BCUT2D eigenvalue weighted by molar-refractivity contribution is 14.0. The Kier molecular flexibility index (Phi) is 9.28. The van der Waals surface area contributed by atoms with Gasteiger partial charge in [-0.15, -0.1) is 24.0 Å². The van der Waals surface area contributed by atoms with Gasteiger partial charge in [0.15, 0.2) is 17.5 Å². The molecule has 2 aromatic rings. The first-order chi connectivity index (χ1) is 15.6. The number of hydrogen-bond acceptors (Lipinski definition) is 4. The van der Waals surface area contributed by atoms with Crippen molar-refractivity contribution in [3.8, 4) is 11.5 Å². The van der Waals surface area contributed by atoms with E-state index in [1.54, 1.807) is 31.4 Å². The summed E-state index contributed by atoms with van der Waals surface area (Å²) < 4.78 is 20.0. The fourth-order valence-electron chi connectivity index (χ4n) is 4.35. The van der Waals surface area contributed by atoms with Gasteiger partial charge in [0.2, 0.25) is 5.91 Å². The molecule has 1 aliphatic heterocycles. The molecular formula is C24H31FIN5O2. The van der Waals surface area contributed by atoms with Crippen LogP contribution in [0.3, 0.4) is 0 Å². The number of amides is 1. The van der Waals surface area contributed by atoms with E-state index in [-0.39, 0.29) is 41.7 Å². The van der Waals surface area contributed by atoms with E-state index >= 15 is 0 Å². The summed E-state index contributed by atoms with van der Waals surface area (Å²) in [5.74, 6) is 1.36. The van der Waals surface area contributed by atoms with Crippen LogP contribution in [0.15, 0.2) is 47.7 Å². The smallest absolute Gasteiger partial charge is 0.225 e. The topological polar surface area (TPSA) is 78.9 Å². The molecular weight excluding hydrogens is 536 g/mol. The van der Waals surface area contributed by atoms with Crippen LogP contribution in [0.4, 0.5) is 4.39 Å². The zero-order valence-corrected chi connectivity index (χ0v) is 21.1. The second-order valence-corrected chi connectivity index (χ2v) is 8.38. The first-order valence-electron chi connectivity index (χ1n) is 11.2. The quantitative estimate of drug-likeness (QED) is 0.313. The van der Waals surface area contributed by atoms with E-state index in [1.165, 1.54) is 25.1 Å². The Hall–Kier alpha value is -2.43. The van der Waals surface area contributed by atoms with Gasteiger partial charge >= 0.3 is 0 Å². The minimum absolute atomic E-state index is 0. The molecule has 1 aliphatic carbocycles. The zero-order chi connectivity index (χ0) is 22.3. The number of halogens is 2. The molecule has 1 saturated heterocycles. The molecule has 2 N–H and O–H groups in total. The normalized spacial score (nSPS) is 18.7. The summed E-state index contributed by atoms with van der Waals surface area (Å²) in [4.78, 5) is 22.9. The fourth-order valence-corrected chi connectivity index (χ4v) is 4.35. The lowest BCUT2D eigenvalue weighted by Gasteiger charge is -2.21. The second kappa shape index (κ2) is 12.2. The maximum Gasteiger partial charge on any atom is 0.225 e. The van der Waals surface area contributed by atoms with Gasteiger partial charge in [-0.25, -0.2) is 4.39 Å². The van der Waals surface area contributed by atoms with Gasteiger partial charge in [-0.3, -0.25) is 14.8 Å². The average Bonchev–Trinajstić information content (AvgIpc) is 3.51. The van der Waals surface area contributed by atoms with E-state index in [0.717, 1.165) is 31.4 Å². The molecule has 1 saturated carbocycles. The third-order valence-electron chi connectivity index (χ3n) is 6.09. The first-order valence-corrected chi connectivity index (χ1v) is 11.2. The number of carbonyl (C=O) groups is 1. The summed E-state index contributed by atoms with van der Waals surface area (Å²) in [5.41, 5.74) is 0.772. The number of guanidine groups is 1. The molecule has 2 heterocycles. The van der Waals surface area contributed by atoms with Gasteiger partial charge in [0, 0.05) is 44.8 Å². The van der Waals surface area contributed by atoms with Gasteiger partial charge in [-0.1, -0.05) is 18.9 Å². The standard InChI is InChI=1S/C24H30FN5O2.HI/c1-26-24(29-19-10-12-30(16-19)23(31)18-5-2-3-6-18)28-14-17-8-9-22(21(25)13-17)32-20-7-4-11-27-15-20;/h4,7-9,11,13,15,18-19H,2-3,5-6,10,12,14,16H2,1H3,(H2,26,28,29);1H. The Labute approximate surface area is 211 Å². The number of nitrogens with zero attached hydrogens (tertiary/aromatic N) is 3. The Morgan fingerprint density at radius 1 is 1.27 bits per heavy atom. The van der Waals surface area contributed by atoms with E-state index in [2.05, 4.69) is 20.6 Å². The summed E-state index contributed by atoms with van der Waals surface area (Å²) in [6.07, 6.45) is 8.46. The number of ether oxygens (including phenoxy) is 1. The lowest BCUT2D eigenvalue weighted by molar-refractivity contribution is -0.134. The van der Waals surface area contributed by atoms with Crippen LogP contribution in [0.2, 0.25) is 0 Å². The number of aromatic nitrogens is 1. The summed E-state index contributed by atoms with van der Waals surface area (Å²) in [7, 11) is 1.71. The van der Waals surface area contributed by atoms with Crippen molar-refractivity contribution in [1.82, 2.24) is 20.5 Å². The number of likely N-dealkylation sites (tertiary alicyclic amines) is 1. The van der Waals surface area contributed by atoms with Gasteiger partial charge in [0.1, 0.15) is 5.75 Å². The molecule has 2 aliphatic rings. The predicted octanol–water partition coefficient (Wildman–Crippen LogP) is 4.09. The van der Waals surface area contributed by atoms with E-state index in [0.29, 0.717) is 30.7 Å². The van der Waals surface area contributed by atoms with Crippen molar-refractivity contribution in [2.24, 2.45) is 10.9 Å². The van der Waals surface area contributed by atoms with Crippen LogP contribution in [0, 0.1) is 11.7 Å². The SMILES string of the molecule is CN=C(NCc1ccc(Oc2cccnc2)c(F)c1)NC1CCN(C(=O)C2CCCC2)C1.I. The molecule has 1 atom stereocenters. The minimum atomic E-state index is -0.437. The van der Waals surface area contributed by atoms with Crippen LogP contribution >= 0.6 is 24.0 Å². The molecule has 2 fully saturated rings. The van der Waals surface area contributed by atoms with E-state index in [9.17, 15) is 9.18 Å². The number of rotatable bonds is 6. The number of nitrogens with one attached hydrogen (secondary N) is 2. The number of pyridine rings is 1. The van der Waals surface area contributed by atoms with Gasteiger partial charge in [-0.05, 0) is 49.1 Å². The van der Waals surface area contributed by atoms with E-state index in [4.69, 9.17) is 4.74 Å². The molecule has 7 nitrogen and oxygen atoms in total. The maximum atomic E-state index is 14.5. The lowest BCUT2D eigenvalue weighted by atomic mass is 10.1. The third kappa shape index (κ3) is 6.78. The van der Waals surface area contributed by atoms with Crippen molar-refractivity contribution in [3.05, 3.63) is 54.1 Å². The second-order valence-electron chi connectivity index (χ2n) is 8.38. The van der Waals surface area contributed by atoms with Gasteiger partial charge in [0.25, 0.3) is 0 Å². The fraction of sp³-hybridized carbons (Fsp3) is 0.458. The maximum absolute atomic E-state index is 14.5. The molecule has 1 aromatic heterocycles. The molecule has 33 heavy (non-hydrogen) atoms. The van der Waals surface area contributed by atoms with Gasteiger partial charge in [-0.2, -0.15) is 0 Å². The molecule has 0 bridgehead atoms.